The molecule has 1 aliphatic carbocycles. The molecule has 3 fully saturated rings. The molecule has 0 amide bonds. The topological polar surface area (TPSA) is 30.9 Å². The number of nitrogens with zero attached hydrogens (tertiary/aromatic N) is 3. The molecular formula is C17H33IN4. The third kappa shape index (κ3) is 4.73. The highest BCUT2D eigenvalue weighted by atomic mass is 127. The Kier molecular flexibility index (Phi) is 7.74. The first-order chi connectivity index (χ1) is 10.4. The Bertz CT molecular complexity index is 351. The van der Waals surface area contributed by atoms with Crippen LogP contribution in [0.2, 0.25) is 0 Å². The molecule has 0 bridgehead atoms. The maximum Gasteiger partial charge on any atom is 0.193 e. The standard InChI is InChI=1S/C17H32N4.HI/c1-2-18-17(19-13-15-7-6-8-15)21-12-9-16(14-21)20-10-4-3-5-11-20;/h15-16H,2-14H2,1H3,(H,18,19);1H. The average molecular weight is 420 g/mol. The molecule has 0 spiro atoms. The lowest BCUT2D eigenvalue weighted by atomic mass is 9.86. The van der Waals surface area contributed by atoms with E-state index in [4.69, 9.17) is 4.99 Å². The summed E-state index contributed by atoms with van der Waals surface area (Å²) in [6, 6.07) is 0.762. The van der Waals surface area contributed by atoms with Crippen molar-refractivity contribution in [1.82, 2.24) is 15.1 Å². The van der Waals surface area contributed by atoms with Crippen LogP contribution < -0.4 is 5.32 Å². The second-order valence-corrected chi connectivity index (χ2v) is 6.98. The van der Waals surface area contributed by atoms with Gasteiger partial charge in [0.15, 0.2) is 5.96 Å². The van der Waals surface area contributed by atoms with E-state index in [2.05, 4.69) is 22.0 Å². The van der Waals surface area contributed by atoms with E-state index in [0.29, 0.717) is 0 Å². The van der Waals surface area contributed by atoms with Gasteiger partial charge in [-0.2, -0.15) is 0 Å². The molecule has 2 saturated heterocycles. The number of halogens is 1. The molecule has 5 heteroatoms. The van der Waals surface area contributed by atoms with Gasteiger partial charge in [0.1, 0.15) is 0 Å². The smallest absolute Gasteiger partial charge is 0.193 e. The first kappa shape index (κ1) is 18.3. The van der Waals surface area contributed by atoms with Gasteiger partial charge in [-0.1, -0.05) is 12.8 Å². The first-order valence-electron chi connectivity index (χ1n) is 9.14. The fourth-order valence-corrected chi connectivity index (χ4v) is 3.83. The number of hydrogen-bond donors (Lipinski definition) is 1. The van der Waals surface area contributed by atoms with Crippen molar-refractivity contribution in [3.8, 4) is 0 Å². The second-order valence-electron chi connectivity index (χ2n) is 6.98. The van der Waals surface area contributed by atoms with E-state index in [-0.39, 0.29) is 24.0 Å². The Hall–Kier alpha value is -0.0400. The van der Waals surface area contributed by atoms with Gasteiger partial charge in [0, 0.05) is 32.2 Å². The lowest BCUT2D eigenvalue weighted by molar-refractivity contribution is 0.168. The zero-order valence-corrected chi connectivity index (χ0v) is 16.4. The molecule has 0 radical (unpaired) electrons. The van der Waals surface area contributed by atoms with Crippen LogP contribution in [0.25, 0.3) is 0 Å². The van der Waals surface area contributed by atoms with Crippen molar-refractivity contribution in [2.45, 2.75) is 57.9 Å². The van der Waals surface area contributed by atoms with Crippen molar-refractivity contribution < 1.29 is 0 Å². The first-order valence-corrected chi connectivity index (χ1v) is 9.14. The molecule has 0 aromatic heterocycles. The normalized spacial score (nSPS) is 27.4. The van der Waals surface area contributed by atoms with Crippen LogP contribution in [0, 0.1) is 5.92 Å². The van der Waals surface area contributed by atoms with Crippen molar-refractivity contribution in [3.05, 3.63) is 0 Å². The highest BCUT2D eigenvalue weighted by Crippen LogP contribution is 2.26. The number of nitrogens with one attached hydrogen (secondary N) is 1. The van der Waals surface area contributed by atoms with Crippen LogP contribution in [0.1, 0.15) is 51.9 Å². The summed E-state index contributed by atoms with van der Waals surface area (Å²) in [6.07, 6.45) is 9.72. The summed E-state index contributed by atoms with van der Waals surface area (Å²) in [5.41, 5.74) is 0. The zero-order chi connectivity index (χ0) is 14.5. The Labute approximate surface area is 153 Å². The number of rotatable bonds is 4. The number of hydrogen-bond acceptors (Lipinski definition) is 2. The molecule has 3 aliphatic rings. The third-order valence-corrected chi connectivity index (χ3v) is 5.43. The van der Waals surface area contributed by atoms with Gasteiger partial charge in [-0.3, -0.25) is 9.89 Å². The monoisotopic (exact) mass is 420 g/mol. The SMILES string of the molecule is CCNC(=NCC1CCC1)N1CCC(N2CCCCC2)C1.I. The summed E-state index contributed by atoms with van der Waals surface area (Å²) in [4.78, 5) is 10.1. The largest absolute Gasteiger partial charge is 0.357 e. The Morgan fingerprint density at radius 3 is 2.45 bits per heavy atom. The number of piperidine rings is 1. The van der Waals surface area contributed by atoms with Gasteiger partial charge in [0.05, 0.1) is 0 Å². The predicted octanol–water partition coefficient (Wildman–Crippen LogP) is 2.93. The minimum absolute atomic E-state index is 0. The number of aliphatic imine (C=N–C) groups is 1. The van der Waals surface area contributed by atoms with Crippen molar-refractivity contribution in [3.63, 3.8) is 0 Å². The van der Waals surface area contributed by atoms with Gasteiger partial charge in [0.2, 0.25) is 0 Å². The summed E-state index contributed by atoms with van der Waals surface area (Å²) >= 11 is 0. The molecule has 0 aromatic carbocycles. The molecule has 2 aliphatic heterocycles. The summed E-state index contributed by atoms with van der Waals surface area (Å²) in [7, 11) is 0. The molecule has 3 rings (SSSR count). The van der Waals surface area contributed by atoms with Crippen molar-refractivity contribution in [2.24, 2.45) is 10.9 Å². The fraction of sp³-hybridized carbons (Fsp3) is 0.941. The van der Waals surface area contributed by atoms with Gasteiger partial charge < -0.3 is 10.2 Å². The molecular weight excluding hydrogens is 387 g/mol. The highest BCUT2D eigenvalue weighted by Gasteiger charge is 2.30. The van der Waals surface area contributed by atoms with Crippen LogP contribution in [0.5, 0.6) is 0 Å². The van der Waals surface area contributed by atoms with E-state index < -0.39 is 0 Å². The summed E-state index contributed by atoms with van der Waals surface area (Å²) in [6.45, 7) is 9.18. The lowest BCUT2D eigenvalue weighted by Gasteiger charge is -2.32. The van der Waals surface area contributed by atoms with Crippen LogP contribution in [-0.4, -0.2) is 61.1 Å². The summed E-state index contributed by atoms with van der Waals surface area (Å²) in [5, 5.41) is 3.51. The average Bonchev–Trinajstić information content (AvgIpc) is 2.95. The molecule has 0 aromatic rings. The quantitative estimate of drug-likeness (QED) is 0.431. The van der Waals surface area contributed by atoms with E-state index in [1.54, 1.807) is 0 Å². The van der Waals surface area contributed by atoms with Gasteiger partial charge >= 0.3 is 0 Å². The molecule has 4 nitrogen and oxygen atoms in total. The maximum atomic E-state index is 4.91. The molecule has 1 N–H and O–H groups in total. The Morgan fingerprint density at radius 2 is 1.82 bits per heavy atom. The highest BCUT2D eigenvalue weighted by molar-refractivity contribution is 14.0. The molecule has 1 unspecified atom stereocenters. The van der Waals surface area contributed by atoms with E-state index in [9.17, 15) is 0 Å². The van der Waals surface area contributed by atoms with Crippen molar-refractivity contribution in [2.75, 3.05) is 39.3 Å². The van der Waals surface area contributed by atoms with E-state index in [0.717, 1.165) is 25.0 Å². The molecule has 128 valence electrons. The number of guanidine groups is 1. The molecule has 1 saturated carbocycles. The lowest BCUT2D eigenvalue weighted by Crippen LogP contribution is -2.44. The van der Waals surface area contributed by atoms with Crippen LogP contribution in [0.4, 0.5) is 0 Å². The van der Waals surface area contributed by atoms with Gasteiger partial charge in [-0.25, -0.2) is 0 Å². The Morgan fingerprint density at radius 1 is 1.05 bits per heavy atom. The second kappa shape index (κ2) is 9.30. The van der Waals surface area contributed by atoms with Crippen LogP contribution in [0.3, 0.4) is 0 Å². The van der Waals surface area contributed by atoms with E-state index in [1.165, 1.54) is 77.1 Å². The van der Waals surface area contributed by atoms with E-state index >= 15 is 0 Å². The van der Waals surface area contributed by atoms with Crippen LogP contribution in [-0.2, 0) is 0 Å². The molecule has 2 heterocycles. The number of likely N-dealkylation sites (tertiary alicyclic amines) is 2. The summed E-state index contributed by atoms with van der Waals surface area (Å²) in [5.74, 6) is 2.03. The van der Waals surface area contributed by atoms with Crippen molar-refractivity contribution in [1.29, 1.82) is 0 Å². The van der Waals surface area contributed by atoms with Gasteiger partial charge in [-0.05, 0) is 58.0 Å². The van der Waals surface area contributed by atoms with Crippen LogP contribution >= 0.6 is 24.0 Å². The minimum Gasteiger partial charge on any atom is -0.357 e. The molecule has 1 atom stereocenters. The van der Waals surface area contributed by atoms with E-state index in [1.807, 2.05) is 0 Å². The Balaban J connectivity index is 0.00000176. The van der Waals surface area contributed by atoms with Crippen LogP contribution in [0.15, 0.2) is 4.99 Å². The maximum absolute atomic E-state index is 4.91. The molecule has 22 heavy (non-hydrogen) atoms. The van der Waals surface area contributed by atoms with Gasteiger partial charge in [-0.15, -0.1) is 24.0 Å². The van der Waals surface area contributed by atoms with Gasteiger partial charge in [0.25, 0.3) is 0 Å². The minimum atomic E-state index is 0. The fourth-order valence-electron chi connectivity index (χ4n) is 3.83. The summed E-state index contributed by atoms with van der Waals surface area (Å²) < 4.78 is 0. The van der Waals surface area contributed by atoms with Crippen molar-refractivity contribution >= 4 is 29.9 Å². The third-order valence-electron chi connectivity index (χ3n) is 5.43. The predicted molar refractivity (Wildman–Crippen MR) is 104 cm³/mol. The zero-order valence-electron chi connectivity index (χ0n) is 14.1.